The van der Waals surface area contributed by atoms with E-state index in [1.54, 1.807) is 17.2 Å². The van der Waals surface area contributed by atoms with Crippen LogP contribution < -0.4 is 5.32 Å². The summed E-state index contributed by atoms with van der Waals surface area (Å²) in [5.74, 6) is 0.336. The van der Waals surface area contributed by atoms with Crippen LogP contribution in [0.2, 0.25) is 0 Å². The van der Waals surface area contributed by atoms with Crippen LogP contribution in [0.1, 0.15) is 40.0 Å². The normalized spacial score (nSPS) is 14.8. The van der Waals surface area contributed by atoms with Gasteiger partial charge in [-0.15, -0.1) is 0 Å². The lowest BCUT2D eigenvalue weighted by atomic mass is 9.97. The van der Waals surface area contributed by atoms with Gasteiger partial charge in [-0.1, -0.05) is 29.8 Å². The molecule has 2 amide bonds. The van der Waals surface area contributed by atoms with Crippen molar-refractivity contribution in [3.05, 3.63) is 58.9 Å². The van der Waals surface area contributed by atoms with Gasteiger partial charge in [-0.25, -0.2) is 4.79 Å². The van der Waals surface area contributed by atoms with Crippen molar-refractivity contribution in [3.8, 4) is 0 Å². The highest BCUT2D eigenvalue weighted by Gasteiger charge is 2.24. The van der Waals surface area contributed by atoms with E-state index < -0.39 is 0 Å². The van der Waals surface area contributed by atoms with Crippen molar-refractivity contribution in [2.75, 3.05) is 19.6 Å². The maximum Gasteiger partial charge on any atom is 0.410 e. The van der Waals surface area contributed by atoms with Crippen molar-refractivity contribution >= 4 is 12.0 Å². The minimum absolute atomic E-state index is 0.0475. The molecule has 1 aromatic carbocycles. The molecule has 27 heavy (non-hydrogen) atoms. The minimum atomic E-state index is -0.263. The molecular formula is C21H27N3O3. The number of amides is 2. The second kappa shape index (κ2) is 8.75. The van der Waals surface area contributed by atoms with Crippen LogP contribution in [0, 0.1) is 19.8 Å². The Balaban J connectivity index is 1.38. The Morgan fingerprint density at radius 1 is 1.15 bits per heavy atom. The molecule has 0 spiro atoms. The van der Waals surface area contributed by atoms with E-state index in [9.17, 15) is 9.59 Å². The number of carbonyl (C=O) groups is 2. The van der Waals surface area contributed by atoms with E-state index in [0.717, 1.165) is 24.1 Å². The maximum atomic E-state index is 12.2. The highest BCUT2D eigenvalue weighted by molar-refractivity contribution is 5.95. The first-order chi connectivity index (χ1) is 13.0. The van der Waals surface area contributed by atoms with Gasteiger partial charge in [0.05, 0.1) is 5.56 Å². The van der Waals surface area contributed by atoms with E-state index in [1.807, 2.05) is 38.1 Å². The quantitative estimate of drug-likeness (QED) is 0.848. The second-order valence-electron chi connectivity index (χ2n) is 7.20. The fraction of sp³-hybridized carbons (Fsp3) is 0.429. The smallest absolute Gasteiger partial charge is 0.410 e. The molecule has 1 fully saturated rings. The molecule has 0 bridgehead atoms. The number of piperidine rings is 1. The molecule has 6 heteroatoms. The second-order valence-corrected chi connectivity index (χ2v) is 7.20. The van der Waals surface area contributed by atoms with Crippen molar-refractivity contribution in [2.24, 2.45) is 5.92 Å². The van der Waals surface area contributed by atoms with Crippen LogP contribution in [0.5, 0.6) is 0 Å². The zero-order chi connectivity index (χ0) is 19.2. The number of nitrogens with zero attached hydrogens (tertiary/aromatic N) is 1. The number of aromatic amines is 1. The molecule has 1 aromatic heterocycles. The average molecular weight is 369 g/mol. The fourth-order valence-electron chi connectivity index (χ4n) is 3.27. The first-order valence-electron chi connectivity index (χ1n) is 9.42. The van der Waals surface area contributed by atoms with Gasteiger partial charge in [-0.3, -0.25) is 4.79 Å². The van der Waals surface area contributed by atoms with Gasteiger partial charge in [0.15, 0.2) is 0 Å². The van der Waals surface area contributed by atoms with Gasteiger partial charge in [0.1, 0.15) is 6.61 Å². The number of rotatable bonds is 5. The molecule has 1 saturated heterocycles. The first kappa shape index (κ1) is 19.0. The molecule has 0 saturated carbocycles. The summed E-state index contributed by atoms with van der Waals surface area (Å²) in [7, 11) is 0. The third-order valence-corrected chi connectivity index (χ3v) is 5.11. The number of aryl methyl sites for hydroxylation is 2. The van der Waals surface area contributed by atoms with Crippen LogP contribution in [0.25, 0.3) is 0 Å². The van der Waals surface area contributed by atoms with Gasteiger partial charge >= 0.3 is 6.09 Å². The van der Waals surface area contributed by atoms with E-state index >= 15 is 0 Å². The Hall–Kier alpha value is -2.76. The van der Waals surface area contributed by atoms with Gasteiger partial charge < -0.3 is 19.9 Å². The topological polar surface area (TPSA) is 74.4 Å². The third-order valence-electron chi connectivity index (χ3n) is 5.11. The number of aromatic nitrogens is 1. The van der Waals surface area contributed by atoms with Crippen LogP contribution in [-0.4, -0.2) is 41.5 Å². The summed E-state index contributed by atoms with van der Waals surface area (Å²) in [5, 5.41) is 3.00. The third kappa shape index (κ3) is 5.12. The van der Waals surface area contributed by atoms with Crippen LogP contribution in [0.15, 0.2) is 36.5 Å². The van der Waals surface area contributed by atoms with E-state index in [4.69, 9.17) is 4.74 Å². The number of carbonyl (C=O) groups excluding carboxylic acids is 2. The van der Waals surface area contributed by atoms with Gasteiger partial charge in [0.2, 0.25) is 0 Å². The van der Waals surface area contributed by atoms with Crippen LogP contribution in [0.3, 0.4) is 0 Å². The molecule has 2 N–H and O–H groups in total. The molecule has 0 unspecified atom stereocenters. The molecule has 3 rings (SSSR count). The predicted molar refractivity (Wildman–Crippen MR) is 104 cm³/mol. The molecule has 0 radical (unpaired) electrons. The maximum absolute atomic E-state index is 12.2. The van der Waals surface area contributed by atoms with E-state index in [0.29, 0.717) is 37.7 Å². The summed E-state index contributed by atoms with van der Waals surface area (Å²) in [6.07, 6.45) is 3.24. The van der Waals surface area contributed by atoms with Crippen LogP contribution in [0.4, 0.5) is 4.79 Å². The molecule has 2 heterocycles. The number of H-pyrrole nitrogens is 1. The Morgan fingerprint density at radius 2 is 1.85 bits per heavy atom. The van der Waals surface area contributed by atoms with Gasteiger partial charge in [-0.05, 0) is 44.2 Å². The molecule has 6 nitrogen and oxygen atoms in total. The average Bonchev–Trinajstić information content (AvgIpc) is 3.12. The number of likely N-dealkylation sites (tertiary alicyclic amines) is 1. The molecular weight excluding hydrogens is 342 g/mol. The van der Waals surface area contributed by atoms with E-state index in [1.165, 1.54) is 5.56 Å². The van der Waals surface area contributed by atoms with E-state index in [-0.39, 0.29) is 12.0 Å². The van der Waals surface area contributed by atoms with Crippen molar-refractivity contribution < 1.29 is 14.3 Å². The Labute approximate surface area is 159 Å². The number of hydrogen-bond acceptors (Lipinski definition) is 3. The van der Waals surface area contributed by atoms with Crippen LogP contribution >= 0.6 is 0 Å². The van der Waals surface area contributed by atoms with Gasteiger partial charge in [0.25, 0.3) is 5.91 Å². The molecule has 1 aliphatic rings. The van der Waals surface area contributed by atoms with Crippen molar-refractivity contribution in [2.45, 2.75) is 33.3 Å². The Bertz CT molecular complexity index is 774. The van der Waals surface area contributed by atoms with E-state index in [2.05, 4.69) is 10.3 Å². The number of ether oxygens (including phenoxy) is 1. The summed E-state index contributed by atoms with van der Waals surface area (Å²) in [6.45, 7) is 6.17. The summed E-state index contributed by atoms with van der Waals surface area (Å²) in [6, 6.07) is 9.76. The summed E-state index contributed by atoms with van der Waals surface area (Å²) >= 11 is 0. The molecule has 0 atom stereocenters. The molecule has 0 aliphatic carbocycles. The molecule has 1 aliphatic heterocycles. The largest absolute Gasteiger partial charge is 0.445 e. The lowest BCUT2D eigenvalue weighted by Crippen LogP contribution is -2.41. The molecule has 2 aromatic rings. The summed E-state index contributed by atoms with van der Waals surface area (Å²) < 4.78 is 5.42. The fourth-order valence-corrected chi connectivity index (χ4v) is 3.27. The SMILES string of the molecule is Cc1ccc(COC(=O)N2CCC(CNC(=O)c3cc[nH]c3C)CC2)cc1. The molecule has 144 valence electrons. The van der Waals surface area contributed by atoms with Crippen molar-refractivity contribution in [1.29, 1.82) is 0 Å². The number of nitrogens with one attached hydrogen (secondary N) is 2. The van der Waals surface area contributed by atoms with Crippen LogP contribution in [-0.2, 0) is 11.3 Å². The zero-order valence-electron chi connectivity index (χ0n) is 16.0. The van der Waals surface area contributed by atoms with Crippen molar-refractivity contribution in [3.63, 3.8) is 0 Å². The lowest BCUT2D eigenvalue weighted by Gasteiger charge is -2.31. The highest BCUT2D eigenvalue weighted by atomic mass is 16.6. The summed E-state index contributed by atoms with van der Waals surface area (Å²) in [5.41, 5.74) is 3.74. The van der Waals surface area contributed by atoms with Gasteiger partial charge in [0, 0.05) is 31.5 Å². The van der Waals surface area contributed by atoms with Gasteiger partial charge in [-0.2, -0.15) is 0 Å². The number of benzene rings is 1. The zero-order valence-corrected chi connectivity index (χ0v) is 16.0. The summed E-state index contributed by atoms with van der Waals surface area (Å²) in [4.78, 5) is 29.2. The monoisotopic (exact) mass is 369 g/mol. The number of hydrogen-bond donors (Lipinski definition) is 2. The Kier molecular flexibility index (Phi) is 6.16. The minimum Gasteiger partial charge on any atom is -0.445 e. The lowest BCUT2D eigenvalue weighted by molar-refractivity contribution is 0.0800. The van der Waals surface area contributed by atoms with Crippen molar-refractivity contribution in [1.82, 2.24) is 15.2 Å². The predicted octanol–water partition coefficient (Wildman–Crippen LogP) is 3.41. The highest BCUT2D eigenvalue weighted by Crippen LogP contribution is 2.18. The standard InChI is InChI=1S/C21H27N3O3/c1-15-3-5-18(6-4-15)14-27-21(26)24-11-8-17(9-12-24)13-23-20(25)19-7-10-22-16(19)2/h3-7,10,17,22H,8-9,11-14H2,1-2H3,(H,23,25). The first-order valence-corrected chi connectivity index (χ1v) is 9.42. The Morgan fingerprint density at radius 3 is 2.48 bits per heavy atom.